The Morgan fingerprint density at radius 1 is 1.42 bits per heavy atom. The molecule has 1 aromatic rings. The predicted molar refractivity (Wildman–Crippen MR) is 119 cm³/mol. The van der Waals surface area contributed by atoms with Crippen LogP contribution < -0.4 is 15.4 Å². The second kappa shape index (κ2) is 12.5. The number of pyridine rings is 1. The lowest BCUT2D eigenvalue weighted by Crippen LogP contribution is -2.46. The van der Waals surface area contributed by atoms with Crippen LogP contribution in [-0.4, -0.2) is 45.9 Å². The summed E-state index contributed by atoms with van der Waals surface area (Å²) in [6, 6.07) is 4.18. The van der Waals surface area contributed by atoms with Crippen molar-refractivity contribution in [3.8, 4) is 5.88 Å². The third kappa shape index (κ3) is 7.02. The van der Waals surface area contributed by atoms with Crippen LogP contribution in [0.2, 0.25) is 0 Å². The first-order chi connectivity index (χ1) is 12.2. The Bertz CT molecular complexity index is 600. The first-order valence-corrected chi connectivity index (χ1v) is 10.5. The molecule has 0 saturated heterocycles. The zero-order valence-corrected chi connectivity index (χ0v) is 19.0. The van der Waals surface area contributed by atoms with Crippen molar-refractivity contribution in [2.75, 3.05) is 19.4 Å². The van der Waals surface area contributed by atoms with Gasteiger partial charge in [-0.1, -0.05) is 19.4 Å². The second-order valence-corrected chi connectivity index (χ2v) is 8.17. The molecule has 1 aliphatic rings. The van der Waals surface area contributed by atoms with Crippen molar-refractivity contribution in [3.05, 3.63) is 23.9 Å². The number of ether oxygens (including phenoxy) is 1. The predicted octanol–water partition coefficient (Wildman–Crippen LogP) is 2.84. The Morgan fingerprint density at radius 3 is 2.92 bits per heavy atom. The summed E-state index contributed by atoms with van der Waals surface area (Å²) >= 11 is 0. The van der Waals surface area contributed by atoms with Crippen molar-refractivity contribution < 1.29 is 8.95 Å². The molecule has 0 spiro atoms. The van der Waals surface area contributed by atoms with Crippen LogP contribution in [0.4, 0.5) is 0 Å². The Morgan fingerprint density at radius 2 is 2.23 bits per heavy atom. The number of hydrogen-bond donors (Lipinski definition) is 2. The monoisotopic (exact) mass is 494 g/mol. The van der Waals surface area contributed by atoms with Crippen LogP contribution in [0.1, 0.15) is 45.1 Å². The Balaban J connectivity index is 0.00000338. The van der Waals surface area contributed by atoms with Crippen LogP contribution in [0.3, 0.4) is 0 Å². The Kier molecular flexibility index (Phi) is 11.1. The molecule has 26 heavy (non-hydrogen) atoms. The van der Waals surface area contributed by atoms with E-state index in [2.05, 4.69) is 27.5 Å². The first-order valence-electron chi connectivity index (χ1n) is 9.07. The lowest BCUT2D eigenvalue weighted by atomic mass is 9.95. The maximum Gasteiger partial charge on any atom is 0.218 e. The van der Waals surface area contributed by atoms with E-state index in [1.54, 1.807) is 13.3 Å². The van der Waals surface area contributed by atoms with E-state index in [1.807, 2.05) is 19.1 Å². The highest BCUT2D eigenvalue weighted by Gasteiger charge is 2.26. The maximum atomic E-state index is 12.1. The van der Waals surface area contributed by atoms with Crippen LogP contribution in [0.5, 0.6) is 5.88 Å². The number of nitrogens with one attached hydrogen (secondary N) is 2. The molecule has 1 heterocycles. The zero-order chi connectivity index (χ0) is 18.1. The lowest BCUT2D eigenvalue weighted by molar-refractivity contribution is 0.392. The van der Waals surface area contributed by atoms with Crippen molar-refractivity contribution >= 4 is 40.7 Å². The van der Waals surface area contributed by atoms with Crippen molar-refractivity contribution in [1.29, 1.82) is 0 Å². The van der Waals surface area contributed by atoms with Gasteiger partial charge < -0.3 is 15.4 Å². The molecule has 1 fully saturated rings. The minimum atomic E-state index is -0.716. The van der Waals surface area contributed by atoms with Gasteiger partial charge in [0.2, 0.25) is 5.88 Å². The second-order valence-electron chi connectivity index (χ2n) is 6.17. The summed E-state index contributed by atoms with van der Waals surface area (Å²) in [5, 5.41) is 7.12. The van der Waals surface area contributed by atoms with Crippen LogP contribution in [0, 0.1) is 0 Å². The standard InChI is InChI=1S/C18H30N4O2S.HI/c1-4-19-18(21-13-14-8-7-11-20-17(14)24-3)22-15-9-6-10-16(12-15)25(23)5-2;/h7-8,11,15-16H,4-6,9-10,12-13H2,1-3H3,(H2,19,21,22);1H. The summed E-state index contributed by atoms with van der Waals surface area (Å²) in [6.45, 7) is 5.36. The summed E-state index contributed by atoms with van der Waals surface area (Å²) < 4.78 is 17.4. The van der Waals surface area contributed by atoms with E-state index < -0.39 is 10.8 Å². The fraction of sp³-hybridized carbons (Fsp3) is 0.667. The largest absolute Gasteiger partial charge is 0.481 e. The highest BCUT2D eigenvalue weighted by atomic mass is 127. The molecule has 0 aliphatic heterocycles. The van der Waals surface area contributed by atoms with E-state index in [0.717, 1.165) is 49.5 Å². The molecule has 1 aliphatic carbocycles. The summed E-state index contributed by atoms with van der Waals surface area (Å²) in [4.78, 5) is 8.88. The highest BCUT2D eigenvalue weighted by molar-refractivity contribution is 14.0. The average molecular weight is 494 g/mol. The van der Waals surface area contributed by atoms with E-state index in [-0.39, 0.29) is 24.0 Å². The minimum absolute atomic E-state index is 0. The summed E-state index contributed by atoms with van der Waals surface area (Å²) in [7, 11) is 0.904. The molecule has 1 aromatic heterocycles. The number of aromatic nitrogens is 1. The molecule has 0 bridgehead atoms. The fourth-order valence-corrected chi connectivity index (χ4v) is 4.50. The molecule has 3 unspecified atom stereocenters. The SMILES string of the molecule is CCNC(=NCc1cccnc1OC)NC1CCCC(S(=O)CC)C1.I. The van der Waals surface area contributed by atoms with E-state index in [4.69, 9.17) is 4.74 Å². The van der Waals surface area contributed by atoms with Crippen LogP contribution in [0.25, 0.3) is 0 Å². The molecule has 1 saturated carbocycles. The molecule has 2 N–H and O–H groups in total. The summed E-state index contributed by atoms with van der Waals surface area (Å²) in [5.41, 5.74) is 0.954. The number of halogens is 1. The Hall–Kier alpha value is -0.900. The molecule has 0 aromatic carbocycles. The van der Waals surface area contributed by atoms with Gasteiger partial charge in [-0.2, -0.15) is 0 Å². The first kappa shape index (κ1) is 23.1. The van der Waals surface area contributed by atoms with Crippen molar-refractivity contribution in [2.45, 2.75) is 57.4 Å². The fourth-order valence-electron chi connectivity index (χ4n) is 3.16. The number of rotatable bonds is 7. The van der Waals surface area contributed by atoms with Gasteiger partial charge in [0.05, 0.1) is 13.7 Å². The molecule has 0 amide bonds. The molecular formula is C18H31IN4O2S. The van der Waals surface area contributed by atoms with Gasteiger partial charge in [0.15, 0.2) is 5.96 Å². The van der Waals surface area contributed by atoms with Gasteiger partial charge in [-0.25, -0.2) is 9.98 Å². The average Bonchev–Trinajstić information content (AvgIpc) is 2.66. The third-order valence-corrected chi connectivity index (χ3v) is 6.16. The lowest BCUT2D eigenvalue weighted by Gasteiger charge is -2.30. The maximum absolute atomic E-state index is 12.1. The van der Waals surface area contributed by atoms with E-state index >= 15 is 0 Å². The molecule has 0 radical (unpaired) electrons. The summed E-state index contributed by atoms with van der Waals surface area (Å²) in [5.74, 6) is 2.14. The number of hydrogen-bond acceptors (Lipinski definition) is 4. The molecular weight excluding hydrogens is 463 g/mol. The van der Waals surface area contributed by atoms with Crippen LogP contribution in [-0.2, 0) is 17.3 Å². The van der Waals surface area contributed by atoms with E-state index in [9.17, 15) is 4.21 Å². The van der Waals surface area contributed by atoms with Crippen molar-refractivity contribution in [2.24, 2.45) is 4.99 Å². The highest BCUT2D eigenvalue weighted by Crippen LogP contribution is 2.23. The van der Waals surface area contributed by atoms with Gasteiger partial charge in [0, 0.05) is 46.1 Å². The topological polar surface area (TPSA) is 75.6 Å². The Labute approximate surface area is 176 Å². The number of guanidine groups is 1. The van der Waals surface area contributed by atoms with Gasteiger partial charge in [-0.3, -0.25) is 4.21 Å². The van der Waals surface area contributed by atoms with Crippen molar-refractivity contribution in [1.82, 2.24) is 15.6 Å². The van der Waals surface area contributed by atoms with Crippen LogP contribution >= 0.6 is 24.0 Å². The van der Waals surface area contributed by atoms with Gasteiger partial charge in [-0.05, 0) is 32.3 Å². The zero-order valence-electron chi connectivity index (χ0n) is 15.9. The van der Waals surface area contributed by atoms with E-state index in [1.165, 1.54) is 0 Å². The van der Waals surface area contributed by atoms with Crippen LogP contribution in [0.15, 0.2) is 23.3 Å². The van der Waals surface area contributed by atoms with Crippen molar-refractivity contribution in [3.63, 3.8) is 0 Å². The quantitative estimate of drug-likeness (QED) is 0.347. The van der Waals surface area contributed by atoms with Gasteiger partial charge in [0.1, 0.15) is 0 Å². The van der Waals surface area contributed by atoms with Gasteiger partial charge in [0.25, 0.3) is 0 Å². The molecule has 6 nitrogen and oxygen atoms in total. The summed E-state index contributed by atoms with van der Waals surface area (Å²) in [6.07, 6.45) is 5.94. The normalized spacial score (nSPS) is 21.4. The molecule has 3 atom stereocenters. The number of nitrogens with zero attached hydrogens (tertiary/aromatic N) is 2. The molecule has 148 valence electrons. The smallest absolute Gasteiger partial charge is 0.218 e. The van der Waals surface area contributed by atoms with Gasteiger partial charge >= 0.3 is 0 Å². The van der Waals surface area contributed by atoms with Gasteiger partial charge in [-0.15, -0.1) is 24.0 Å². The minimum Gasteiger partial charge on any atom is -0.481 e. The molecule has 2 rings (SSSR count). The number of aliphatic imine (C=N–C) groups is 1. The molecule has 8 heteroatoms. The number of methoxy groups -OCH3 is 1. The third-order valence-electron chi connectivity index (χ3n) is 4.42. The van der Waals surface area contributed by atoms with E-state index in [0.29, 0.717) is 23.7 Å².